The Bertz CT molecular complexity index is 517. The molecule has 1 amide bonds. The predicted octanol–water partition coefficient (Wildman–Crippen LogP) is -0.0351. The molecule has 0 bridgehead atoms. The van der Waals surface area contributed by atoms with Crippen LogP contribution in [0.5, 0.6) is 0 Å². The van der Waals surface area contributed by atoms with Gasteiger partial charge in [0, 0.05) is 18.2 Å². The molecule has 1 aromatic rings. The standard InChI is InChI=1S/C14H17N3O3/c1-15-8-10-16(11-9-15)14(18)7-4-12-2-5-13(6-3-12)17(19)20/h2-7H,8-11H2,1H3/p+1/b7-4+. The molecule has 0 aromatic heterocycles. The fraction of sp³-hybridized carbons (Fsp3) is 0.357. The van der Waals surface area contributed by atoms with Crippen molar-refractivity contribution in [3.05, 3.63) is 46.0 Å². The van der Waals surface area contributed by atoms with Gasteiger partial charge in [-0.25, -0.2) is 0 Å². The zero-order valence-corrected chi connectivity index (χ0v) is 11.4. The van der Waals surface area contributed by atoms with Gasteiger partial charge in [-0.3, -0.25) is 14.9 Å². The second-order valence-corrected chi connectivity index (χ2v) is 4.96. The minimum Gasteiger partial charge on any atom is -0.334 e. The Morgan fingerprint density at radius 3 is 2.45 bits per heavy atom. The highest BCUT2D eigenvalue weighted by Crippen LogP contribution is 2.12. The van der Waals surface area contributed by atoms with E-state index in [4.69, 9.17) is 0 Å². The zero-order chi connectivity index (χ0) is 14.5. The maximum Gasteiger partial charge on any atom is 0.269 e. The number of non-ortho nitro benzene ring substituents is 1. The number of nitro groups is 1. The molecule has 6 heteroatoms. The van der Waals surface area contributed by atoms with Gasteiger partial charge in [0.05, 0.1) is 38.2 Å². The minimum atomic E-state index is -0.439. The largest absolute Gasteiger partial charge is 0.334 e. The monoisotopic (exact) mass is 276 g/mol. The third kappa shape index (κ3) is 3.64. The molecule has 1 aliphatic heterocycles. The maximum atomic E-state index is 12.0. The predicted molar refractivity (Wildman–Crippen MR) is 75.3 cm³/mol. The number of nitrogens with zero attached hydrogens (tertiary/aromatic N) is 2. The summed E-state index contributed by atoms with van der Waals surface area (Å²) in [7, 11) is 2.12. The molecule has 6 nitrogen and oxygen atoms in total. The smallest absolute Gasteiger partial charge is 0.269 e. The molecular weight excluding hydrogens is 258 g/mol. The first-order valence-electron chi connectivity index (χ1n) is 6.59. The number of carbonyl (C=O) groups excluding carboxylic acids is 1. The van der Waals surface area contributed by atoms with E-state index in [0.29, 0.717) is 0 Å². The number of likely N-dealkylation sites (N-methyl/N-ethyl adjacent to an activating group) is 1. The fourth-order valence-corrected chi connectivity index (χ4v) is 2.09. The number of nitro benzene ring substituents is 1. The van der Waals surface area contributed by atoms with Gasteiger partial charge in [0.15, 0.2) is 0 Å². The number of nitrogens with one attached hydrogen (secondary N) is 1. The van der Waals surface area contributed by atoms with Crippen molar-refractivity contribution in [1.82, 2.24) is 4.90 Å². The topological polar surface area (TPSA) is 67.9 Å². The van der Waals surface area contributed by atoms with Crippen LogP contribution in [-0.4, -0.2) is 49.0 Å². The lowest BCUT2D eigenvalue weighted by molar-refractivity contribution is -0.883. The van der Waals surface area contributed by atoms with Crippen LogP contribution in [0.1, 0.15) is 5.56 Å². The van der Waals surface area contributed by atoms with Crippen LogP contribution in [0.2, 0.25) is 0 Å². The summed E-state index contributed by atoms with van der Waals surface area (Å²) in [5.41, 5.74) is 0.833. The lowest BCUT2D eigenvalue weighted by atomic mass is 10.2. The van der Waals surface area contributed by atoms with E-state index >= 15 is 0 Å². The summed E-state index contributed by atoms with van der Waals surface area (Å²) in [5.74, 6) is -0.00384. The van der Waals surface area contributed by atoms with Gasteiger partial charge in [-0.05, 0) is 23.8 Å². The number of rotatable bonds is 3. The van der Waals surface area contributed by atoms with Gasteiger partial charge in [-0.2, -0.15) is 0 Å². The number of amides is 1. The summed E-state index contributed by atoms with van der Waals surface area (Å²) in [5, 5.41) is 10.5. The lowest BCUT2D eigenvalue weighted by Gasteiger charge is -2.29. The second kappa shape index (κ2) is 6.29. The van der Waals surface area contributed by atoms with Crippen LogP contribution < -0.4 is 4.90 Å². The van der Waals surface area contributed by atoms with E-state index in [1.54, 1.807) is 18.2 Å². The van der Waals surface area contributed by atoms with E-state index in [9.17, 15) is 14.9 Å². The first-order valence-corrected chi connectivity index (χ1v) is 6.59. The molecule has 0 atom stereocenters. The van der Waals surface area contributed by atoms with Crippen LogP contribution >= 0.6 is 0 Å². The molecule has 0 aliphatic carbocycles. The molecule has 1 heterocycles. The highest BCUT2D eigenvalue weighted by atomic mass is 16.6. The molecule has 1 aliphatic rings. The Hall–Kier alpha value is -2.21. The summed E-state index contributed by atoms with van der Waals surface area (Å²) < 4.78 is 0. The van der Waals surface area contributed by atoms with Gasteiger partial charge >= 0.3 is 0 Å². The van der Waals surface area contributed by atoms with Gasteiger partial charge in [0.2, 0.25) is 5.91 Å². The molecule has 0 radical (unpaired) electrons. The number of hydrogen-bond donors (Lipinski definition) is 1. The van der Waals surface area contributed by atoms with Crippen molar-refractivity contribution in [2.75, 3.05) is 33.2 Å². The third-order valence-electron chi connectivity index (χ3n) is 3.45. The van der Waals surface area contributed by atoms with Crippen molar-refractivity contribution in [2.24, 2.45) is 0 Å². The molecule has 0 unspecified atom stereocenters. The van der Waals surface area contributed by atoms with Crippen molar-refractivity contribution < 1.29 is 14.6 Å². The van der Waals surface area contributed by atoms with E-state index in [-0.39, 0.29) is 11.6 Å². The first kappa shape index (κ1) is 14.2. The van der Waals surface area contributed by atoms with E-state index in [0.717, 1.165) is 31.7 Å². The second-order valence-electron chi connectivity index (χ2n) is 4.96. The Morgan fingerprint density at radius 2 is 1.90 bits per heavy atom. The summed E-state index contributed by atoms with van der Waals surface area (Å²) in [4.78, 5) is 25.3. The Balaban J connectivity index is 1.95. The third-order valence-corrected chi connectivity index (χ3v) is 3.45. The van der Waals surface area contributed by atoms with Crippen LogP contribution in [0.4, 0.5) is 5.69 Å². The quantitative estimate of drug-likeness (QED) is 0.479. The van der Waals surface area contributed by atoms with Gasteiger partial charge in [0.1, 0.15) is 0 Å². The summed E-state index contributed by atoms with van der Waals surface area (Å²) in [6, 6.07) is 6.14. The van der Waals surface area contributed by atoms with E-state index in [1.807, 2.05) is 4.90 Å². The Kier molecular flexibility index (Phi) is 4.47. The molecule has 1 saturated heterocycles. The molecule has 0 saturated carbocycles. The summed E-state index contributed by atoms with van der Waals surface area (Å²) in [6.07, 6.45) is 3.22. The Morgan fingerprint density at radius 1 is 1.30 bits per heavy atom. The number of benzene rings is 1. The number of carbonyl (C=O) groups is 1. The Labute approximate surface area is 117 Å². The normalized spacial score (nSPS) is 16.6. The first-order chi connectivity index (χ1) is 9.56. The van der Waals surface area contributed by atoms with Crippen LogP contribution in [-0.2, 0) is 4.79 Å². The molecule has 2 rings (SSSR count). The number of piperazine rings is 1. The van der Waals surface area contributed by atoms with Crippen LogP contribution in [0, 0.1) is 10.1 Å². The average Bonchev–Trinajstić information content (AvgIpc) is 2.46. The van der Waals surface area contributed by atoms with Crippen molar-refractivity contribution in [3.8, 4) is 0 Å². The molecule has 1 fully saturated rings. The number of hydrogen-bond acceptors (Lipinski definition) is 3. The van der Waals surface area contributed by atoms with Gasteiger partial charge in [-0.15, -0.1) is 0 Å². The molecule has 20 heavy (non-hydrogen) atoms. The van der Waals surface area contributed by atoms with Crippen molar-refractivity contribution in [2.45, 2.75) is 0 Å². The lowest BCUT2D eigenvalue weighted by Crippen LogP contribution is -3.12. The van der Waals surface area contributed by atoms with Crippen LogP contribution in [0.25, 0.3) is 6.08 Å². The van der Waals surface area contributed by atoms with Crippen molar-refractivity contribution >= 4 is 17.7 Å². The highest BCUT2D eigenvalue weighted by Gasteiger charge is 2.19. The highest BCUT2D eigenvalue weighted by molar-refractivity contribution is 5.91. The van der Waals surface area contributed by atoms with Gasteiger partial charge < -0.3 is 9.80 Å². The van der Waals surface area contributed by atoms with E-state index in [1.165, 1.54) is 23.1 Å². The zero-order valence-electron chi connectivity index (χ0n) is 11.4. The van der Waals surface area contributed by atoms with Crippen molar-refractivity contribution in [3.63, 3.8) is 0 Å². The SMILES string of the molecule is C[NH+]1CCN(C(=O)/C=C/c2ccc([N+](=O)[O-])cc2)CC1. The molecule has 0 spiro atoms. The minimum absolute atomic E-state index is 0.00384. The molecular formula is C14H18N3O3+. The van der Waals surface area contributed by atoms with Crippen LogP contribution in [0.15, 0.2) is 30.3 Å². The summed E-state index contributed by atoms with van der Waals surface area (Å²) in [6.45, 7) is 3.48. The van der Waals surface area contributed by atoms with E-state index < -0.39 is 4.92 Å². The van der Waals surface area contributed by atoms with Gasteiger partial charge in [0.25, 0.3) is 5.69 Å². The summed E-state index contributed by atoms with van der Waals surface area (Å²) >= 11 is 0. The van der Waals surface area contributed by atoms with Crippen molar-refractivity contribution in [1.29, 1.82) is 0 Å². The molecule has 1 aromatic carbocycles. The molecule has 1 N–H and O–H groups in total. The van der Waals surface area contributed by atoms with Crippen LogP contribution in [0.3, 0.4) is 0 Å². The van der Waals surface area contributed by atoms with E-state index in [2.05, 4.69) is 7.05 Å². The van der Waals surface area contributed by atoms with Gasteiger partial charge in [-0.1, -0.05) is 0 Å². The molecule has 106 valence electrons. The fourth-order valence-electron chi connectivity index (χ4n) is 2.09. The average molecular weight is 276 g/mol. The number of quaternary nitrogens is 1. The maximum absolute atomic E-state index is 12.0.